The van der Waals surface area contributed by atoms with Crippen LogP contribution in [0.5, 0.6) is 0 Å². The van der Waals surface area contributed by atoms with Crippen LogP contribution in [-0.4, -0.2) is 41.1 Å². The van der Waals surface area contributed by atoms with E-state index in [0.29, 0.717) is 11.7 Å². The molecular formula is C16H28BrNO. The number of ether oxygens (including phenoxy) is 1. The average molecular weight is 330 g/mol. The molecule has 3 aliphatic rings. The SMILES string of the molecule is BrCCN(CC1CCC2(CCCC2)O1)C1CCCC1. The molecule has 3 heteroatoms. The van der Waals surface area contributed by atoms with Gasteiger partial charge in [0.2, 0.25) is 0 Å². The summed E-state index contributed by atoms with van der Waals surface area (Å²) in [6, 6.07) is 0.835. The van der Waals surface area contributed by atoms with E-state index in [1.54, 1.807) is 0 Å². The van der Waals surface area contributed by atoms with Crippen LogP contribution in [0.1, 0.15) is 64.2 Å². The van der Waals surface area contributed by atoms with Gasteiger partial charge in [-0.25, -0.2) is 0 Å². The molecule has 1 aliphatic heterocycles. The molecule has 19 heavy (non-hydrogen) atoms. The molecule has 0 aromatic rings. The minimum atomic E-state index is 0.306. The van der Waals surface area contributed by atoms with Gasteiger partial charge in [0.25, 0.3) is 0 Å². The molecule has 2 aliphatic carbocycles. The van der Waals surface area contributed by atoms with E-state index >= 15 is 0 Å². The van der Waals surface area contributed by atoms with Crippen molar-refractivity contribution in [3.63, 3.8) is 0 Å². The van der Waals surface area contributed by atoms with E-state index in [2.05, 4.69) is 20.8 Å². The molecule has 0 aromatic carbocycles. The first-order valence-electron chi connectivity index (χ1n) is 8.29. The molecule has 1 atom stereocenters. The zero-order valence-corrected chi connectivity index (χ0v) is 13.7. The fourth-order valence-electron chi connectivity index (χ4n) is 4.47. The molecular weight excluding hydrogens is 302 g/mol. The van der Waals surface area contributed by atoms with Gasteiger partial charge in [-0.1, -0.05) is 41.6 Å². The Bertz CT molecular complexity index is 284. The molecule has 3 rings (SSSR count). The summed E-state index contributed by atoms with van der Waals surface area (Å²) in [5.74, 6) is 0. The van der Waals surface area contributed by atoms with E-state index in [-0.39, 0.29) is 0 Å². The summed E-state index contributed by atoms with van der Waals surface area (Å²) >= 11 is 3.62. The lowest BCUT2D eigenvalue weighted by atomic mass is 9.98. The van der Waals surface area contributed by atoms with Crippen molar-refractivity contribution in [2.45, 2.75) is 82.0 Å². The molecule has 2 saturated carbocycles. The molecule has 110 valence electrons. The summed E-state index contributed by atoms with van der Waals surface area (Å²) < 4.78 is 6.49. The van der Waals surface area contributed by atoms with Crippen molar-refractivity contribution in [1.82, 2.24) is 4.90 Å². The van der Waals surface area contributed by atoms with Gasteiger partial charge in [0.05, 0.1) is 11.7 Å². The van der Waals surface area contributed by atoms with E-state index in [4.69, 9.17) is 4.74 Å². The molecule has 0 amide bonds. The molecule has 2 nitrogen and oxygen atoms in total. The molecule has 1 spiro atoms. The molecule has 1 unspecified atom stereocenters. The van der Waals surface area contributed by atoms with Gasteiger partial charge in [0, 0.05) is 24.5 Å². The summed E-state index contributed by atoms with van der Waals surface area (Å²) in [5, 5.41) is 1.10. The predicted molar refractivity (Wildman–Crippen MR) is 82.9 cm³/mol. The van der Waals surface area contributed by atoms with Gasteiger partial charge >= 0.3 is 0 Å². The van der Waals surface area contributed by atoms with E-state index < -0.39 is 0 Å². The summed E-state index contributed by atoms with van der Waals surface area (Å²) in [7, 11) is 0. The van der Waals surface area contributed by atoms with Crippen molar-refractivity contribution >= 4 is 15.9 Å². The number of hydrogen-bond donors (Lipinski definition) is 0. The van der Waals surface area contributed by atoms with Crippen molar-refractivity contribution in [3.8, 4) is 0 Å². The van der Waals surface area contributed by atoms with E-state index in [1.165, 1.54) is 77.3 Å². The van der Waals surface area contributed by atoms with Crippen LogP contribution in [0.15, 0.2) is 0 Å². The Morgan fingerprint density at radius 2 is 1.74 bits per heavy atom. The van der Waals surface area contributed by atoms with Crippen molar-refractivity contribution in [3.05, 3.63) is 0 Å². The number of nitrogens with zero attached hydrogens (tertiary/aromatic N) is 1. The second-order valence-electron chi connectivity index (χ2n) is 6.79. The third-order valence-corrected chi connectivity index (χ3v) is 5.86. The first kappa shape index (κ1) is 14.3. The molecule has 1 heterocycles. The maximum absolute atomic E-state index is 6.49. The van der Waals surface area contributed by atoms with Gasteiger partial charge in [-0.3, -0.25) is 4.90 Å². The average Bonchev–Trinajstić information content (AvgIpc) is 3.14. The third-order valence-electron chi connectivity index (χ3n) is 5.50. The predicted octanol–water partition coefficient (Wildman–Crippen LogP) is 4.12. The molecule has 1 saturated heterocycles. The lowest BCUT2D eigenvalue weighted by molar-refractivity contribution is -0.0504. The van der Waals surface area contributed by atoms with Gasteiger partial charge in [-0.15, -0.1) is 0 Å². The highest BCUT2D eigenvalue weighted by Crippen LogP contribution is 2.43. The fraction of sp³-hybridized carbons (Fsp3) is 1.00. The topological polar surface area (TPSA) is 12.5 Å². The minimum Gasteiger partial charge on any atom is -0.370 e. The highest BCUT2D eigenvalue weighted by molar-refractivity contribution is 9.09. The van der Waals surface area contributed by atoms with Crippen molar-refractivity contribution in [2.75, 3.05) is 18.4 Å². The monoisotopic (exact) mass is 329 g/mol. The van der Waals surface area contributed by atoms with E-state index in [9.17, 15) is 0 Å². The Balaban J connectivity index is 1.53. The number of hydrogen-bond acceptors (Lipinski definition) is 2. The number of halogens is 1. The van der Waals surface area contributed by atoms with E-state index in [1.807, 2.05) is 0 Å². The number of alkyl halides is 1. The Hall–Kier alpha value is 0.400. The van der Waals surface area contributed by atoms with E-state index in [0.717, 1.165) is 11.4 Å². The van der Waals surface area contributed by atoms with Crippen LogP contribution < -0.4 is 0 Å². The summed E-state index contributed by atoms with van der Waals surface area (Å²) in [5.41, 5.74) is 0.306. The smallest absolute Gasteiger partial charge is 0.0710 e. The maximum Gasteiger partial charge on any atom is 0.0710 e. The largest absolute Gasteiger partial charge is 0.370 e. The molecule has 0 N–H and O–H groups in total. The standard InChI is InChI=1S/C16H28BrNO/c17-11-12-18(14-5-1-2-6-14)13-15-7-10-16(19-15)8-3-4-9-16/h14-15H,1-13H2. The zero-order valence-electron chi connectivity index (χ0n) is 12.1. The van der Waals surface area contributed by atoms with Gasteiger partial charge in [-0.2, -0.15) is 0 Å². The molecule has 3 fully saturated rings. The lowest BCUT2D eigenvalue weighted by Gasteiger charge is -2.32. The Morgan fingerprint density at radius 1 is 1.00 bits per heavy atom. The zero-order chi connectivity index (χ0) is 13.1. The Kier molecular flexibility index (Phi) is 4.86. The second kappa shape index (κ2) is 6.44. The minimum absolute atomic E-state index is 0.306. The summed E-state index contributed by atoms with van der Waals surface area (Å²) in [6.45, 7) is 2.37. The molecule has 0 aromatic heterocycles. The maximum atomic E-state index is 6.49. The molecule has 0 radical (unpaired) electrons. The fourth-order valence-corrected chi connectivity index (χ4v) is 4.93. The van der Waals surface area contributed by atoms with Gasteiger partial charge in [0.1, 0.15) is 0 Å². The second-order valence-corrected chi connectivity index (χ2v) is 7.58. The number of rotatable bonds is 5. The summed E-state index contributed by atoms with van der Waals surface area (Å²) in [4.78, 5) is 2.71. The van der Waals surface area contributed by atoms with Crippen molar-refractivity contribution in [2.24, 2.45) is 0 Å². The van der Waals surface area contributed by atoms with Crippen LogP contribution in [0.3, 0.4) is 0 Å². The van der Waals surface area contributed by atoms with Gasteiger partial charge in [-0.05, 0) is 38.5 Å². The van der Waals surface area contributed by atoms with Crippen LogP contribution in [0.25, 0.3) is 0 Å². The molecule has 0 bridgehead atoms. The third kappa shape index (κ3) is 3.36. The summed E-state index contributed by atoms with van der Waals surface area (Å²) in [6.07, 6.45) is 14.2. The van der Waals surface area contributed by atoms with Crippen molar-refractivity contribution < 1.29 is 4.74 Å². The van der Waals surface area contributed by atoms with Crippen LogP contribution in [0.2, 0.25) is 0 Å². The van der Waals surface area contributed by atoms with Gasteiger partial charge in [0.15, 0.2) is 0 Å². The van der Waals surface area contributed by atoms with Crippen LogP contribution in [-0.2, 0) is 4.74 Å². The highest BCUT2D eigenvalue weighted by Gasteiger charge is 2.42. The van der Waals surface area contributed by atoms with Crippen molar-refractivity contribution in [1.29, 1.82) is 0 Å². The van der Waals surface area contributed by atoms with Gasteiger partial charge < -0.3 is 4.74 Å². The van der Waals surface area contributed by atoms with Crippen LogP contribution in [0, 0.1) is 0 Å². The highest BCUT2D eigenvalue weighted by atomic mass is 79.9. The normalized spacial score (nSPS) is 30.9. The Labute approximate surface area is 126 Å². The first-order valence-corrected chi connectivity index (χ1v) is 9.41. The Morgan fingerprint density at radius 3 is 2.42 bits per heavy atom. The first-order chi connectivity index (χ1) is 9.31. The van der Waals surface area contributed by atoms with Crippen LogP contribution in [0.4, 0.5) is 0 Å². The quantitative estimate of drug-likeness (QED) is 0.703. The lowest BCUT2D eigenvalue weighted by Crippen LogP contribution is -2.41. The van der Waals surface area contributed by atoms with Crippen LogP contribution >= 0.6 is 15.9 Å².